The maximum Gasteiger partial charge on any atom is 0.397 e. The third-order valence-electron chi connectivity index (χ3n) is 4.17. The quantitative estimate of drug-likeness (QED) is 0.795. The van der Waals surface area contributed by atoms with Crippen LogP contribution in [0.1, 0.15) is 11.3 Å². The second kappa shape index (κ2) is 7.85. The highest BCUT2D eigenvalue weighted by molar-refractivity contribution is 7.18. The summed E-state index contributed by atoms with van der Waals surface area (Å²) in [6.07, 6.45) is -5.92. The molecular weight excluding hydrogens is 383 g/mol. The van der Waals surface area contributed by atoms with E-state index >= 15 is 0 Å². The summed E-state index contributed by atoms with van der Waals surface area (Å²) in [5.41, 5.74) is 0. The lowest BCUT2D eigenvalue weighted by Crippen LogP contribution is -2.49. The molecule has 1 amide bonds. The predicted molar refractivity (Wildman–Crippen MR) is 97.2 cm³/mol. The predicted octanol–water partition coefficient (Wildman–Crippen LogP) is 2.00. The van der Waals surface area contributed by atoms with Gasteiger partial charge < -0.3 is 20.2 Å². The molecule has 0 aromatic carbocycles. The summed E-state index contributed by atoms with van der Waals surface area (Å²) < 4.78 is 37.3. The first-order valence-corrected chi connectivity index (χ1v) is 9.31. The molecule has 11 heteroatoms. The number of nitrogens with one attached hydrogen (secondary N) is 1. The van der Waals surface area contributed by atoms with Gasteiger partial charge in [-0.1, -0.05) is 0 Å². The number of hydrogen-bond donors (Lipinski definition) is 2. The van der Waals surface area contributed by atoms with E-state index in [4.69, 9.17) is 5.11 Å². The molecule has 1 aliphatic heterocycles. The lowest BCUT2D eigenvalue weighted by Gasteiger charge is -2.36. The number of hydrogen-bond acceptors (Lipinski definition) is 7. The highest BCUT2D eigenvalue weighted by atomic mass is 32.1. The number of carbonyl (C=O) groups is 1. The normalized spacial score (nSPS) is 15.4. The van der Waals surface area contributed by atoms with Crippen molar-refractivity contribution in [3.63, 3.8) is 0 Å². The van der Waals surface area contributed by atoms with E-state index in [1.165, 1.54) is 16.2 Å². The molecule has 1 aliphatic rings. The summed E-state index contributed by atoms with van der Waals surface area (Å²) in [5.74, 6) is 0.184. The highest BCUT2D eigenvalue weighted by Crippen LogP contribution is 2.32. The number of halogens is 3. The number of fused-ring (bicyclic) bond motifs is 1. The second-order valence-electron chi connectivity index (χ2n) is 6.26. The van der Waals surface area contributed by atoms with Crippen LogP contribution in [-0.4, -0.2) is 71.4 Å². The number of aliphatic hydroxyl groups is 1. The van der Waals surface area contributed by atoms with Crippen LogP contribution in [0.3, 0.4) is 0 Å². The molecule has 0 bridgehead atoms. The monoisotopic (exact) mass is 403 g/mol. The standard InChI is InChI=1S/C16H20F3N5O2S/c1-10-8-11-13(21-15(20-2-7-25)22-14(11)27-10)24-5-3-23(4-6-24)12(26)9-16(17,18)19/h8,25H,2-7,9H2,1H3,(H,20,21,22). The lowest BCUT2D eigenvalue weighted by molar-refractivity contribution is -0.161. The number of thiophene rings is 1. The fraction of sp³-hybridized carbons (Fsp3) is 0.562. The minimum Gasteiger partial charge on any atom is -0.395 e. The van der Waals surface area contributed by atoms with Crippen molar-refractivity contribution in [3.05, 3.63) is 10.9 Å². The molecule has 1 fully saturated rings. The first-order chi connectivity index (χ1) is 12.8. The van der Waals surface area contributed by atoms with Crippen LogP contribution >= 0.6 is 11.3 Å². The number of aromatic nitrogens is 2. The SMILES string of the molecule is Cc1cc2c(N3CCN(C(=O)CC(F)(F)F)CC3)nc(NCCO)nc2s1. The average Bonchev–Trinajstić information content (AvgIpc) is 2.98. The number of aliphatic hydroxyl groups excluding tert-OH is 1. The summed E-state index contributed by atoms with van der Waals surface area (Å²) in [5, 5.41) is 12.8. The molecule has 0 atom stereocenters. The molecule has 1 saturated heterocycles. The van der Waals surface area contributed by atoms with Crippen LogP contribution in [0.15, 0.2) is 6.07 Å². The van der Waals surface area contributed by atoms with Crippen LogP contribution in [0.2, 0.25) is 0 Å². The number of aryl methyl sites for hydroxylation is 1. The molecule has 3 heterocycles. The van der Waals surface area contributed by atoms with Gasteiger partial charge in [-0.05, 0) is 13.0 Å². The van der Waals surface area contributed by atoms with Crippen molar-refractivity contribution in [1.29, 1.82) is 0 Å². The Bertz CT molecular complexity index is 818. The molecule has 0 saturated carbocycles. The Hall–Kier alpha value is -2.14. The van der Waals surface area contributed by atoms with Crippen LogP contribution in [0.5, 0.6) is 0 Å². The molecule has 0 spiro atoms. The minimum atomic E-state index is -4.49. The molecule has 0 unspecified atom stereocenters. The Morgan fingerprint density at radius 2 is 2.00 bits per heavy atom. The van der Waals surface area contributed by atoms with Gasteiger partial charge in [0.1, 0.15) is 17.1 Å². The van der Waals surface area contributed by atoms with E-state index in [9.17, 15) is 18.0 Å². The van der Waals surface area contributed by atoms with Crippen LogP contribution < -0.4 is 10.2 Å². The number of rotatable bonds is 5. The summed E-state index contributed by atoms with van der Waals surface area (Å²) in [6, 6.07) is 1.98. The Kier molecular flexibility index (Phi) is 5.70. The zero-order valence-electron chi connectivity index (χ0n) is 14.7. The topological polar surface area (TPSA) is 81.6 Å². The van der Waals surface area contributed by atoms with Crippen LogP contribution in [0.25, 0.3) is 10.2 Å². The third-order valence-corrected chi connectivity index (χ3v) is 5.12. The second-order valence-corrected chi connectivity index (χ2v) is 7.49. The maximum atomic E-state index is 12.4. The molecule has 2 aromatic rings. The van der Waals surface area contributed by atoms with Crippen LogP contribution in [0, 0.1) is 6.92 Å². The maximum absolute atomic E-state index is 12.4. The summed E-state index contributed by atoms with van der Waals surface area (Å²) in [6.45, 7) is 3.43. The Labute approximate surface area is 157 Å². The highest BCUT2D eigenvalue weighted by Gasteiger charge is 2.34. The van der Waals surface area contributed by atoms with Crippen molar-refractivity contribution in [2.45, 2.75) is 19.5 Å². The van der Waals surface area contributed by atoms with Gasteiger partial charge in [0.25, 0.3) is 0 Å². The zero-order valence-corrected chi connectivity index (χ0v) is 15.5. The van der Waals surface area contributed by atoms with E-state index in [-0.39, 0.29) is 19.7 Å². The van der Waals surface area contributed by atoms with Crippen molar-refractivity contribution in [1.82, 2.24) is 14.9 Å². The van der Waals surface area contributed by atoms with E-state index < -0.39 is 18.5 Å². The van der Waals surface area contributed by atoms with Gasteiger partial charge in [0.15, 0.2) is 0 Å². The van der Waals surface area contributed by atoms with Crippen molar-refractivity contribution in [2.24, 2.45) is 0 Å². The molecule has 7 nitrogen and oxygen atoms in total. The number of anilines is 2. The first kappa shape index (κ1) is 19.6. The van der Waals surface area contributed by atoms with Crippen molar-refractivity contribution in [2.75, 3.05) is 49.5 Å². The average molecular weight is 403 g/mol. The molecule has 27 heavy (non-hydrogen) atoms. The van der Waals surface area contributed by atoms with Gasteiger partial charge in [0.05, 0.1) is 12.0 Å². The lowest BCUT2D eigenvalue weighted by atomic mass is 10.2. The van der Waals surface area contributed by atoms with Gasteiger partial charge in [-0.25, -0.2) is 4.98 Å². The number of nitrogens with zero attached hydrogens (tertiary/aromatic N) is 4. The van der Waals surface area contributed by atoms with E-state index in [2.05, 4.69) is 15.3 Å². The van der Waals surface area contributed by atoms with Gasteiger partial charge in [-0.15, -0.1) is 11.3 Å². The van der Waals surface area contributed by atoms with Gasteiger partial charge in [0.2, 0.25) is 11.9 Å². The van der Waals surface area contributed by atoms with Crippen LogP contribution in [-0.2, 0) is 4.79 Å². The molecule has 148 valence electrons. The number of alkyl halides is 3. The number of amides is 1. The van der Waals surface area contributed by atoms with E-state index in [0.29, 0.717) is 31.4 Å². The van der Waals surface area contributed by atoms with E-state index in [0.717, 1.165) is 15.1 Å². The minimum absolute atomic E-state index is 0.0554. The summed E-state index contributed by atoms with van der Waals surface area (Å²) in [4.78, 5) is 25.8. The third kappa shape index (κ3) is 4.78. The zero-order chi connectivity index (χ0) is 19.6. The Morgan fingerprint density at radius 3 is 2.63 bits per heavy atom. The van der Waals surface area contributed by atoms with Gasteiger partial charge in [-0.2, -0.15) is 18.2 Å². The van der Waals surface area contributed by atoms with Crippen molar-refractivity contribution in [3.8, 4) is 0 Å². The van der Waals surface area contributed by atoms with E-state index in [1.54, 1.807) is 0 Å². The summed E-state index contributed by atoms with van der Waals surface area (Å²) >= 11 is 1.52. The fourth-order valence-corrected chi connectivity index (χ4v) is 3.84. The van der Waals surface area contributed by atoms with Crippen LogP contribution in [0.4, 0.5) is 24.9 Å². The van der Waals surface area contributed by atoms with Gasteiger partial charge in [0, 0.05) is 37.6 Å². The molecule has 0 aliphatic carbocycles. The van der Waals surface area contributed by atoms with Crippen molar-refractivity contribution < 1.29 is 23.1 Å². The Balaban J connectivity index is 1.77. The molecule has 0 radical (unpaired) electrons. The van der Waals surface area contributed by atoms with Gasteiger partial charge in [-0.3, -0.25) is 4.79 Å². The molecule has 2 aromatic heterocycles. The molecular formula is C16H20F3N5O2S. The molecule has 2 N–H and O–H groups in total. The van der Waals surface area contributed by atoms with Gasteiger partial charge >= 0.3 is 6.18 Å². The summed E-state index contributed by atoms with van der Waals surface area (Å²) in [7, 11) is 0. The Morgan fingerprint density at radius 1 is 1.30 bits per heavy atom. The number of piperazine rings is 1. The fourth-order valence-electron chi connectivity index (χ4n) is 2.97. The smallest absolute Gasteiger partial charge is 0.395 e. The van der Waals surface area contributed by atoms with E-state index in [1.807, 2.05) is 17.9 Å². The van der Waals surface area contributed by atoms with Crippen molar-refractivity contribution >= 4 is 39.2 Å². The first-order valence-electron chi connectivity index (χ1n) is 8.49. The number of carbonyl (C=O) groups excluding carboxylic acids is 1. The molecule has 3 rings (SSSR count). The largest absolute Gasteiger partial charge is 0.397 e.